The third-order valence-electron chi connectivity index (χ3n) is 3.80. The lowest BCUT2D eigenvalue weighted by atomic mass is 9.89. The standard InChI is InChI=1S/C12H19NO5/c1-17-4-5-18-7-11(14)13-8-2-3-10(13)9(6-8)12(15)16/h8-10H,2-7H2,1H3,(H,15,16). The molecule has 2 bridgehead atoms. The van der Waals surface area contributed by atoms with E-state index in [2.05, 4.69) is 0 Å². The van der Waals surface area contributed by atoms with E-state index in [0.29, 0.717) is 19.6 Å². The van der Waals surface area contributed by atoms with Crippen LogP contribution in [-0.2, 0) is 19.1 Å². The Kier molecular flexibility index (Phi) is 4.19. The Balaban J connectivity index is 1.86. The number of methoxy groups -OCH3 is 1. The van der Waals surface area contributed by atoms with E-state index in [1.807, 2.05) is 0 Å². The molecule has 6 heteroatoms. The Morgan fingerprint density at radius 3 is 2.72 bits per heavy atom. The second-order valence-electron chi connectivity index (χ2n) is 4.83. The van der Waals surface area contributed by atoms with Gasteiger partial charge in [-0.05, 0) is 19.3 Å². The van der Waals surface area contributed by atoms with Crippen LogP contribution in [0.25, 0.3) is 0 Å². The van der Waals surface area contributed by atoms with Gasteiger partial charge in [-0.3, -0.25) is 9.59 Å². The monoisotopic (exact) mass is 257 g/mol. The maximum absolute atomic E-state index is 12.0. The van der Waals surface area contributed by atoms with Gasteiger partial charge in [0.15, 0.2) is 0 Å². The number of carboxylic acid groups (broad SMARTS) is 1. The molecule has 0 aromatic carbocycles. The molecule has 3 unspecified atom stereocenters. The van der Waals surface area contributed by atoms with Crippen molar-refractivity contribution in [2.45, 2.75) is 31.3 Å². The van der Waals surface area contributed by atoms with Gasteiger partial charge in [-0.1, -0.05) is 0 Å². The largest absolute Gasteiger partial charge is 0.481 e. The minimum Gasteiger partial charge on any atom is -0.481 e. The third-order valence-corrected chi connectivity index (χ3v) is 3.80. The smallest absolute Gasteiger partial charge is 0.308 e. The number of nitrogens with zero attached hydrogens (tertiary/aromatic N) is 1. The normalized spacial score (nSPS) is 29.8. The molecule has 0 aliphatic carbocycles. The number of ether oxygens (including phenoxy) is 2. The maximum Gasteiger partial charge on any atom is 0.308 e. The van der Waals surface area contributed by atoms with Crippen molar-refractivity contribution in [1.29, 1.82) is 0 Å². The molecule has 18 heavy (non-hydrogen) atoms. The van der Waals surface area contributed by atoms with Gasteiger partial charge >= 0.3 is 5.97 Å². The average Bonchev–Trinajstić information content (AvgIpc) is 2.91. The van der Waals surface area contributed by atoms with E-state index in [1.54, 1.807) is 12.0 Å². The third kappa shape index (κ3) is 2.49. The number of aliphatic carboxylic acids is 1. The van der Waals surface area contributed by atoms with E-state index in [-0.39, 0.29) is 24.6 Å². The fraction of sp³-hybridized carbons (Fsp3) is 0.833. The predicted octanol–water partition coefficient (Wildman–Crippen LogP) is 0.114. The fourth-order valence-corrected chi connectivity index (χ4v) is 3.02. The highest BCUT2D eigenvalue weighted by atomic mass is 16.5. The van der Waals surface area contributed by atoms with E-state index in [1.165, 1.54) is 0 Å². The second kappa shape index (κ2) is 5.67. The van der Waals surface area contributed by atoms with Crippen LogP contribution in [0.1, 0.15) is 19.3 Å². The molecule has 2 fully saturated rings. The summed E-state index contributed by atoms with van der Waals surface area (Å²) in [6.07, 6.45) is 2.30. The lowest BCUT2D eigenvalue weighted by molar-refractivity contribution is -0.143. The quantitative estimate of drug-likeness (QED) is 0.684. The predicted molar refractivity (Wildman–Crippen MR) is 62.1 cm³/mol. The Morgan fingerprint density at radius 2 is 2.11 bits per heavy atom. The molecule has 1 N–H and O–H groups in total. The summed E-state index contributed by atoms with van der Waals surface area (Å²) in [4.78, 5) is 24.8. The molecule has 3 atom stereocenters. The lowest BCUT2D eigenvalue weighted by Crippen LogP contribution is -2.40. The molecule has 102 valence electrons. The number of hydrogen-bond donors (Lipinski definition) is 1. The van der Waals surface area contributed by atoms with Crippen molar-refractivity contribution in [1.82, 2.24) is 4.90 Å². The van der Waals surface area contributed by atoms with Crippen LogP contribution >= 0.6 is 0 Å². The van der Waals surface area contributed by atoms with Gasteiger partial charge in [0.2, 0.25) is 5.91 Å². The highest BCUT2D eigenvalue weighted by molar-refractivity contribution is 5.81. The van der Waals surface area contributed by atoms with E-state index in [4.69, 9.17) is 14.6 Å². The molecular weight excluding hydrogens is 238 g/mol. The summed E-state index contributed by atoms with van der Waals surface area (Å²) in [5, 5.41) is 9.10. The highest BCUT2D eigenvalue weighted by Gasteiger charge is 2.51. The molecule has 0 spiro atoms. The van der Waals surface area contributed by atoms with Crippen LogP contribution in [0.4, 0.5) is 0 Å². The minimum absolute atomic E-state index is 0.0166. The highest BCUT2D eigenvalue weighted by Crippen LogP contribution is 2.41. The summed E-state index contributed by atoms with van der Waals surface area (Å²) in [6.45, 7) is 0.856. The Hall–Kier alpha value is -1.14. The molecule has 0 aromatic heterocycles. The summed E-state index contributed by atoms with van der Waals surface area (Å²) in [5.41, 5.74) is 0. The molecule has 2 heterocycles. The van der Waals surface area contributed by atoms with Crippen LogP contribution in [0.15, 0.2) is 0 Å². The van der Waals surface area contributed by atoms with Gasteiger partial charge in [0.25, 0.3) is 0 Å². The molecular formula is C12H19NO5. The topological polar surface area (TPSA) is 76.1 Å². The number of carboxylic acids is 1. The second-order valence-corrected chi connectivity index (χ2v) is 4.83. The first-order valence-electron chi connectivity index (χ1n) is 6.25. The number of hydrogen-bond acceptors (Lipinski definition) is 4. The fourth-order valence-electron chi connectivity index (χ4n) is 3.02. The summed E-state index contributed by atoms with van der Waals surface area (Å²) < 4.78 is 10.0. The molecule has 2 aliphatic rings. The first-order valence-corrected chi connectivity index (χ1v) is 6.25. The van der Waals surface area contributed by atoms with Crippen LogP contribution in [0, 0.1) is 5.92 Å². The van der Waals surface area contributed by atoms with E-state index >= 15 is 0 Å². The Morgan fingerprint density at radius 1 is 1.33 bits per heavy atom. The SMILES string of the molecule is COCCOCC(=O)N1C2CCC1C(C(=O)O)C2. The molecule has 0 saturated carbocycles. The van der Waals surface area contributed by atoms with Gasteiger partial charge in [0, 0.05) is 19.2 Å². The molecule has 0 radical (unpaired) electrons. The minimum atomic E-state index is -0.791. The summed E-state index contributed by atoms with van der Waals surface area (Å²) >= 11 is 0. The number of fused-ring (bicyclic) bond motifs is 2. The molecule has 0 aromatic rings. The van der Waals surface area contributed by atoms with Crippen LogP contribution < -0.4 is 0 Å². The van der Waals surface area contributed by atoms with Crippen LogP contribution in [-0.4, -0.2) is 60.9 Å². The van der Waals surface area contributed by atoms with Gasteiger partial charge in [0.1, 0.15) is 6.61 Å². The van der Waals surface area contributed by atoms with Crippen molar-refractivity contribution >= 4 is 11.9 Å². The first-order chi connectivity index (χ1) is 8.65. The summed E-state index contributed by atoms with van der Waals surface area (Å²) in [6, 6.07) is -0.0411. The van der Waals surface area contributed by atoms with Crippen LogP contribution in [0.2, 0.25) is 0 Å². The summed E-state index contributed by atoms with van der Waals surface area (Å²) in [5.74, 6) is -1.28. The molecule has 2 aliphatic heterocycles. The van der Waals surface area contributed by atoms with Gasteiger partial charge in [-0.25, -0.2) is 0 Å². The van der Waals surface area contributed by atoms with Crippen molar-refractivity contribution in [3.05, 3.63) is 0 Å². The van der Waals surface area contributed by atoms with Gasteiger partial charge in [-0.2, -0.15) is 0 Å². The Labute approximate surface area is 106 Å². The zero-order chi connectivity index (χ0) is 13.1. The van der Waals surface area contributed by atoms with Gasteiger partial charge in [0.05, 0.1) is 19.1 Å². The van der Waals surface area contributed by atoms with Crippen molar-refractivity contribution in [2.75, 3.05) is 26.9 Å². The summed E-state index contributed by atoms with van der Waals surface area (Å²) in [7, 11) is 1.57. The zero-order valence-corrected chi connectivity index (χ0v) is 10.5. The van der Waals surface area contributed by atoms with Crippen molar-refractivity contribution in [3.8, 4) is 0 Å². The van der Waals surface area contributed by atoms with Crippen LogP contribution in [0.5, 0.6) is 0 Å². The average molecular weight is 257 g/mol. The lowest BCUT2D eigenvalue weighted by Gasteiger charge is -2.22. The van der Waals surface area contributed by atoms with Crippen molar-refractivity contribution in [2.24, 2.45) is 5.92 Å². The molecule has 6 nitrogen and oxygen atoms in total. The van der Waals surface area contributed by atoms with E-state index in [0.717, 1.165) is 12.8 Å². The molecule has 1 amide bonds. The Bertz CT molecular complexity index is 332. The van der Waals surface area contributed by atoms with Crippen molar-refractivity contribution in [3.63, 3.8) is 0 Å². The van der Waals surface area contributed by atoms with Crippen molar-refractivity contribution < 1.29 is 24.2 Å². The van der Waals surface area contributed by atoms with Crippen LogP contribution in [0.3, 0.4) is 0 Å². The zero-order valence-electron chi connectivity index (χ0n) is 10.5. The van der Waals surface area contributed by atoms with Gasteiger partial charge in [-0.15, -0.1) is 0 Å². The van der Waals surface area contributed by atoms with E-state index < -0.39 is 11.9 Å². The van der Waals surface area contributed by atoms with E-state index in [9.17, 15) is 9.59 Å². The first kappa shape index (κ1) is 13.3. The van der Waals surface area contributed by atoms with Gasteiger partial charge < -0.3 is 19.5 Å². The maximum atomic E-state index is 12.0. The number of carbonyl (C=O) groups is 2. The number of carbonyl (C=O) groups excluding carboxylic acids is 1. The number of amides is 1. The number of rotatable bonds is 6. The molecule has 2 rings (SSSR count). The molecule has 2 saturated heterocycles.